The molecule has 3 aromatic carbocycles. The highest BCUT2D eigenvalue weighted by Gasteiger charge is 2.02. The van der Waals surface area contributed by atoms with Gasteiger partial charge in [0.05, 0.1) is 11.1 Å². The van der Waals surface area contributed by atoms with Crippen molar-refractivity contribution in [2.24, 2.45) is 0 Å². The van der Waals surface area contributed by atoms with Crippen LogP contribution in [0.4, 0.5) is 8.78 Å². The van der Waals surface area contributed by atoms with E-state index in [1.54, 1.807) is 30.3 Å². The van der Waals surface area contributed by atoms with Crippen molar-refractivity contribution in [3.05, 3.63) is 105 Å². The normalized spacial score (nSPS) is 9.28. The van der Waals surface area contributed by atoms with Crippen molar-refractivity contribution in [1.82, 2.24) is 0 Å². The molecule has 29 heavy (non-hydrogen) atoms. The van der Waals surface area contributed by atoms with Crippen LogP contribution in [0.15, 0.2) is 54.6 Å². The fraction of sp³-hybridized carbons (Fsp3) is 0.0400. The Bertz CT molecular complexity index is 1320. The first-order chi connectivity index (χ1) is 14.0. The van der Waals surface area contributed by atoms with Gasteiger partial charge in [0.2, 0.25) is 0 Å². The average Bonchev–Trinajstić information content (AvgIpc) is 2.71. The van der Waals surface area contributed by atoms with Crippen molar-refractivity contribution in [3.8, 4) is 35.8 Å². The highest BCUT2D eigenvalue weighted by Crippen LogP contribution is 2.12. The second-order valence-corrected chi connectivity index (χ2v) is 6.14. The monoisotopic (exact) mass is 378 g/mol. The van der Waals surface area contributed by atoms with E-state index in [1.807, 2.05) is 19.1 Å². The van der Waals surface area contributed by atoms with E-state index in [0.717, 1.165) is 16.7 Å². The van der Waals surface area contributed by atoms with Gasteiger partial charge in [0.25, 0.3) is 0 Å². The maximum Gasteiger partial charge on any atom is 0.142 e. The van der Waals surface area contributed by atoms with Crippen LogP contribution in [0.1, 0.15) is 38.9 Å². The van der Waals surface area contributed by atoms with Gasteiger partial charge in [-0.3, -0.25) is 0 Å². The molecule has 0 bridgehead atoms. The Morgan fingerprint density at radius 2 is 1.00 bits per heavy atom. The topological polar surface area (TPSA) is 47.6 Å². The number of benzene rings is 3. The molecule has 0 aliphatic heterocycles. The average molecular weight is 378 g/mol. The van der Waals surface area contributed by atoms with Crippen molar-refractivity contribution >= 4 is 0 Å². The Hall–Kier alpha value is -4.38. The minimum absolute atomic E-state index is 0.0168. The van der Waals surface area contributed by atoms with Gasteiger partial charge in [0.15, 0.2) is 0 Å². The van der Waals surface area contributed by atoms with Crippen molar-refractivity contribution in [3.63, 3.8) is 0 Å². The van der Waals surface area contributed by atoms with Crippen LogP contribution in [0.3, 0.4) is 0 Å². The van der Waals surface area contributed by atoms with Crippen molar-refractivity contribution < 1.29 is 8.78 Å². The first kappa shape index (κ1) is 19.4. The van der Waals surface area contributed by atoms with Crippen LogP contribution >= 0.6 is 0 Å². The second kappa shape index (κ2) is 8.54. The molecule has 0 N–H and O–H groups in total. The SMILES string of the molecule is Cc1cc(C#Cc2ccc(C#N)c(F)c2)ccc1C#Cc1ccc(C#N)c(F)c1. The third-order valence-corrected chi connectivity index (χ3v) is 4.10. The Morgan fingerprint density at radius 1 is 0.586 bits per heavy atom. The van der Waals surface area contributed by atoms with E-state index in [0.29, 0.717) is 11.1 Å². The summed E-state index contributed by atoms with van der Waals surface area (Å²) >= 11 is 0. The standard InChI is InChI=1S/C25H12F2N2/c1-17-12-18(2-3-19-6-10-22(15-28)24(26)13-19)4-8-21(17)9-5-20-7-11-23(16-29)25(27)14-20/h4,6-8,10-14H,1H3. The highest BCUT2D eigenvalue weighted by atomic mass is 19.1. The van der Waals surface area contributed by atoms with Gasteiger partial charge in [-0.15, -0.1) is 0 Å². The molecule has 136 valence electrons. The maximum atomic E-state index is 13.7. The van der Waals surface area contributed by atoms with E-state index in [1.165, 1.54) is 24.3 Å². The molecular weight excluding hydrogens is 366 g/mol. The van der Waals surface area contributed by atoms with Crippen LogP contribution in [-0.4, -0.2) is 0 Å². The minimum atomic E-state index is -0.597. The van der Waals surface area contributed by atoms with Crippen LogP contribution in [0.25, 0.3) is 0 Å². The van der Waals surface area contributed by atoms with Crippen LogP contribution < -0.4 is 0 Å². The molecule has 0 unspecified atom stereocenters. The fourth-order valence-electron chi connectivity index (χ4n) is 2.53. The predicted octanol–water partition coefficient (Wildman–Crippen LogP) is 4.82. The summed E-state index contributed by atoms with van der Waals surface area (Å²) < 4.78 is 27.3. The number of nitriles is 2. The number of hydrogen-bond acceptors (Lipinski definition) is 2. The zero-order chi connectivity index (χ0) is 20.8. The zero-order valence-corrected chi connectivity index (χ0v) is 15.3. The molecule has 0 aliphatic rings. The Kier molecular flexibility index (Phi) is 5.71. The first-order valence-electron chi connectivity index (χ1n) is 8.54. The number of nitrogens with zero attached hydrogens (tertiary/aromatic N) is 2. The second-order valence-electron chi connectivity index (χ2n) is 6.14. The molecule has 0 radical (unpaired) electrons. The summed E-state index contributed by atoms with van der Waals surface area (Å²) in [6.07, 6.45) is 0. The molecule has 0 saturated carbocycles. The smallest absolute Gasteiger partial charge is 0.142 e. The summed E-state index contributed by atoms with van der Waals surface area (Å²) in [7, 11) is 0. The van der Waals surface area contributed by atoms with E-state index in [9.17, 15) is 8.78 Å². The van der Waals surface area contributed by atoms with Crippen LogP contribution in [0, 0.1) is 64.9 Å². The Balaban J connectivity index is 1.82. The van der Waals surface area contributed by atoms with Gasteiger partial charge >= 0.3 is 0 Å². The lowest BCUT2D eigenvalue weighted by Crippen LogP contribution is -1.87. The van der Waals surface area contributed by atoms with Gasteiger partial charge in [-0.05, 0) is 67.1 Å². The molecule has 0 saturated heterocycles. The maximum absolute atomic E-state index is 13.7. The van der Waals surface area contributed by atoms with Crippen molar-refractivity contribution in [2.75, 3.05) is 0 Å². The molecule has 3 rings (SSSR count). The number of aryl methyl sites for hydroxylation is 1. The molecule has 3 aromatic rings. The van der Waals surface area contributed by atoms with Gasteiger partial charge in [0.1, 0.15) is 23.8 Å². The molecule has 0 atom stereocenters. The summed E-state index contributed by atoms with van der Waals surface area (Å²) in [6.45, 7) is 1.88. The van der Waals surface area contributed by atoms with Crippen LogP contribution in [0.5, 0.6) is 0 Å². The lowest BCUT2D eigenvalue weighted by Gasteiger charge is -1.99. The fourth-order valence-corrected chi connectivity index (χ4v) is 2.53. The Morgan fingerprint density at radius 3 is 1.41 bits per heavy atom. The van der Waals surface area contributed by atoms with E-state index in [2.05, 4.69) is 23.7 Å². The molecule has 0 spiro atoms. The molecule has 0 aliphatic carbocycles. The van der Waals surface area contributed by atoms with Crippen LogP contribution in [-0.2, 0) is 0 Å². The van der Waals surface area contributed by atoms with Crippen LogP contribution in [0.2, 0.25) is 0 Å². The van der Waals surface area contributed by atoms with E-state index < -0.39 is 11.6 Å². The highest BCUT2D eigenvalue weighted by molar-refractivity contribution is 5.52. The molecule has 0 amide bonds. The number of hydrogen-bond donors (Lipinski definition) is 0. The molecular formula is C25H12F2N2. The van der Waals surface area contributed by atoms with Crippen molar-refractivity contribution in [2.45, 2.75) is 6.92 Å². The summed E-state index contributed by atoms with van der Waals surface area (Å²) in [6, 6.07) is 17.5. The predicted molar refractivity (Wildman–Crippen MR) is 105 cm³/mol. The van der Waals surface area contributed by atoms with Gasteiger partial charge in [-0.1, -0.05) is 23.7 Å². The summed E-state index contributed by atoms with van der Waals surface area (Å²) in [5, 5.41) is 17.5. The minimum Gasteiger partial charge on any atom is -0.206 e. The van der Waals surface area contributed by atoms with Crippen molar-refractivity contribution in [1.29, 1.82) is 10.5 Å². The molecule has 0 fully saturated rings. The van der Waals surface area contributed by atoms with E-state index in [4.69, 9.17) is 10.5 Å². The van der Waals surface area contributed by atoms with E-state index >= 15 is 0 Å². The number of rotatable bonds is 0. The summed E-state index contributed by atoms with van der Waals surface area (Å²) in [5.74, 6) is 10.5. The first-order valence-corrected chi connectivity index (χ1v) is 8.54. The molecule has 0 aromatic heterocycles. The third-order valence-electron chi connectivity index (χ3n) is 4.10. The third kappa shape index (κ3) is 4.67. The summed E-state index contributed by atoms with van der Waals surface area (Å²) in [5.41, 5.74) is 3.32. The quantitative estimate of drug-likeness (QED) is 0.527. The van der Waals surface area contributed by atoms with Gasteiger partial charge in [-0.25, -0.2) is 8.78 Å². The van der Waals surface area contributed by atoms with Gasteiger partial charge in [0, 0.05) is 22.3 Å². The lowest BCUT2D eigenvalue weighted by atomic mass is 10.0. The summed E-state index contributed by atoms with van der Waals surface area (Å²) in [4.78, 5) is 0. The molecule has 0 heterocycles. The van der Waals surface area contributed by atoms with E-state index in [-0.39, 0.29) is 11.1 Å². The largest absolute Gasteiger partial charge is 0.206 e. The molecule has 2 nitrogen and oxygen atoms in total. The Labute approximate surface area is 167 Å². The lowest BCUT2D eigenvalue weighted by molar-refractivity contribution is 0.623. The zero-order valence-electron chi connectivity index (χ0n) is 15.3. The molecule has 4 heteroatoms. The number of halogens is 2. The van der Waals surface area contributed by atoms with Gasteiger partial charge < -0.3 is 0 Å². The van der Waals surface area contributed by atoms with Gasteiger partial charge in [-0.2, -0.15) is 10.5 Å².